The Labute approximate surface area is 126 Å². The molecule has 3 rings (SSSR count). The number of nitrogen functional groups attached to an aromatic ring is 1. The number of benzene rings is 2. The van der Waals surface area contributed by atoms with Crippen molar-refractivity contribution in [2.24, 2.45) is 0 Å². The van der Waals surface area contributed by atoms with Gasteiger partial charge in [-0.05, 0) is 23.8 Å². The summed E-state index contributed by atoms with van der Waals surface area (Å²) < 4.78 is 12.8. The molecular weight excluding hydrogens is 287 g/mol. The maximum absolute atomic E-state index is 12.8. The van der Waals surface area contributed by atoms with Crippen molar-refractivity contribution in [1.29, 1.82) is 0 Å². The average molecular weight is 302 g/mol. The van der Waals surface area contributed by atoms with Crippen molar-refractivity contribution in [3.8, 4) is 0 Å². The molecule has 0 radical (unpaired) electrons. The number of hydrogen-bond donors (Lipinski definition) is 1. The number of carbonyl (C=O) groups excluding carboxylic acids is 1. The van der Waals surface area contributed by atoms with E-state index in [4.69, 9.17) is 5.73 Å². The molecule has 1 atom stereocenters. The van der Waals surface area contributed by atoms with Crippen molar-refractivity contribution in [2.75, 3.05) is 23.9 Å². The molecule has 0 saturated carbocycles. The van der Waals surface area contributed by atoms with Gasteiger partial charge in [-0.2, -0.15) is 0 Å². The second kappa shape index (κ2) is 5.77. The third-order valence-electron chi connectivity index (χ3n) is 3.42. The predicted molar refractivity (Wildman–Crippen MR) is 84.2 cm³/mol. The third-order valence-corrected chi connectivity index (χ3v) is 4.71. The molecular formula is C16H15FN2OS. The van der Waals surface area contributed by atoms with Crippen LogP contribution in [0.25, 0.3) is 0 Å². The van der Waals surface area contributed by atoms with Crippen molar-refractivity contribution in [3.05, 3.63) is 54.1 Å². The third kappa shape index (κ3) is 2.61. The van der Waals surface area contributed by atoms with Crippen LogP contribution in [0.15, 0.2) is 53.4 Å². The molecule has 1 heterocycles. The highest BCUT2D eigenvalue weighted by Crippen LogP contribution is 2.46. The first-order valence-electron chi connectivity index (χ1n) is 6.69. The van der Waals surface area contributed by atoms with Gasteiger partial charge in [-0.25, -0.2) is 4.39 Å². The van der Waals surface area contributed by atoms with Crippen molar-refractivity contribution in [3.63, 3.8) is 0 Å². The van der Waals surface area contributed by atoms with E-state index in [1.165, 1.54) is 16.7 Å². The molecule has 1 amide bonds. The molecule has 1 aliphatic heterocycles. The summed E-state index contributed by atoms with van der Waals surface area (Å²) in [6.45, 7) is -0.499. The number of thioether (sulfide) groups is 1. The van der Waals surface area contributed by atoms with E-state index in [1.54, 1.807) is 12.1 Å². The van der Waals surface area contributed by atoms with Crippen LogP contribution in [0.3, 0.4) is 0 Å². The topological polar surface area (TPSA) is 46.3 Å². The van der Waals surface area contributed by atoms with Crippen molar-refractivity contribution >= 4 is 29.0 Å². The minimum absolute atomic E-state index is 0.0691. The Morgan fingerprint density at radius 1 is 1.19 bits per heavy atom. The van der Waals surface area contributed by atoms with Crippen molar-refractivity contribution in [2.45, 2.75) is 10.1 Å². The lowest BCUT2D eigenvalue weighted by Crippen LogP contribution is -2.38. The van der Waals surface area contributed by atoms with Crippen LogP contribution in [0.1, 0.15) is 10.8 Å². The van der Waals surface area contributed by atoms with Crippen LogP contribution in [0.4, 0.5) is 15.8 Å². The van der Waals surface area contributed by atoms with Crippen LogP contribution in [0, 0.1) is 0 Å². The number of hydrogen-bond acceptors (Lipinski definition) is 3. The largest absolute Gasteiger partial charge is 0.399 e. The van der Waals surface area contributed by atoms with Gasteiger partial charge in [0.05, 0.1) is 12.2 Å². The van der Waals surface area contributed by atoms with Gasteiger partial charge >= 0.3 is 0 Å². The normalized spacial score (nSPS) is 17.7. The molecule has 2 aromatic rings. The number of anilines is 2. The van der Waals surface area contributed by atoms with Gasteiger partial charge < -0.3 is 10.6 Å². The summed E-state index contributed by atoms with van der Waals surface area (Å²) in [5.41, 5.74) is 8.13. The molecule has 2 N–H and O–H groups in total. The number of nitrogens with zero attached hydrogens (tertiary/aromatic N) is 1. The second-order valence-electron chi connectivity index (χ2n) is 4.81. The number of halogens is 1. The fourth-order valence-corrected chi connectivity index (χ4v) is 3.72. The lowest BCUT2D eigenvalue weighted by molar-refractivity contribution is -0.118. The molecule has 5 heteroatoms. The van der Waals surface area contributed by atoms with Gasteiger partial charge in [-0.3, -0.25) is 4.79 Å². The second-order valence-corrected chi connectivity index (χ2v) is 5.96. The van der Waals surface area contributed by atoms with Gasteiger partial charge in [0.15, 0.2) is 0 Å². The van der Waals surface area contributed by atoms with E-state index in [2.05, 4.69) is 0 Å². The highest BCUT2D eigenvalue weighted by molar-refractivity contribution is 8.00. The fourth-order valence-electron chi connectivity index (χ4n) is 2.44. The number of fused-ring (bicyclic) bond motifs is 1. The highest BCUT2D eigenvalue weighted by Gasteiger charge is 2.34. The molecule has 0 spiro atoms. The molecule has 0 aromatic heterocycles. The van der Waals surface area contributed by atoms with Crippen molar-refractivity contribution in [1.82, 2.24) is 0 Å². The Kier molecular flexibility index (Phi) is 3.84. The van der Waals surface area contributed by atoms with Gasteiger partial charge in [0.2, 0.25) is 5.91 Å². The summed E-state index contributed by atoms with van der Waals surface area (Å²) in [7, 11) is 0. The Balaban J connectivity index is 2.05. The first kappa shape index (κ1) is 13.9. The number of rotatable bonds is 3. The molecule has 0 bridgehead atoms. The van der Waals surface area contributed by atoms with E-state index in [1.807, 2.05) is 36.4 Å². The molecule has 0 aliphatic carbocycles. The van der Waals surface area contributed by atoms with Crippen LogP contribution in [-0.4, -0.2) is 19.1 Å². The quantitative estimate of drug-likeness (QED) is 0.884. The van der Waals surface area contributed by atoms with Gasteiger partial charge in [-0.1, -0.05) is 30.3 Å². The summed E-state index contributed by atoms with van der Waals surface area (Å²) in [4.78, 5) is 15.1. The zero-order valence-electron chi connectivity index (χ0n) is 11.3. The van der Waals surface area contributed by atoms with Crippen LogP contribution in [0.5, 0.6) is 0 Å². The van der Waals surface area contributed by atoms with E-state index in [9.17, 15) is 9.18 Å². The Bertz CT molecular complexity index is 663. The predicted octanol–water partition coefficient (Wildman–Crippen LogP) is 3.42. The first-order valence-corrected chi connectivity index (χ1v) is 7.57. The lowest BCUT2D eigenvalue weighted by Gasteiger charge is -2.33. The van der Waals surface area contributed by atoms with Gasteiger partial charge in [0, 0.05) is 10.6 Å². The van der Waals surface area contributed by atoms with E-state index in [0.29, 0.717) is 5.69 Å². The SMILES string of the molecule is Nc1ccc2c(c1)SC(c1ccccc1)C(=O)N2CCF. The van der Waals surface area contributed by atoms with Crippen molar-refractivity contribution < 1.29 is 9.18 Å². The summed E-state index contributed by atoms with van der Waals surface area (Å²) in [6, 6.07) is 14.9. The lowest BCUT2D eigenvalue weighted by atomic mass is 10.1. The molecule has 3 nitrogen and oxygen atoms in total. The molecule has 108 valence electrons. The number of amides is 1. The summed E-state index contributed by atoms with van der Waals surface area (Å²) >= 11 is 1.47. The van der Waals surface area contributed by atoms with Crippen LogP contribution in [0.2, 0.25) is 0 Å². The van der Waals surface area contributed by atoms with Crippen LogP contribution >= 0.6 is 11.8 Å². The van der Waals surface area contributed by atoms with Crippen LogP contribution in [-0.2, 0) is 4.79 Å². The molecule has 1 aliphatic rings. The minimum atomic E-state index is -0.568. The summed E-state index contributed by atoms with van der Waals surface area (Å²) in [5, 5.41) is -0.355. The Morgan fingerprint density at radius 3 is 2.67 bits per heavy atom. The molecule has 2 aromatic carbocycles. The van der Waals surface area contributed by atoms with Gasteiger partial charge in [0.1, 0.15) is 11.9 Å². The smallest absolute Gasteiger partial charge is 0.245 e. The van der Waals surface area contributed by atoms with Gasteiger partial charge in [0.25, 0.3) is 0 Å². The highest BCUT2D eigenvalue weighted by atomic mass is 32.2. The average Bonchev–Trinajstić information content (AvgIpc) is 2.51. The number of nitrogens with two attached hydrogens (primary N) is 1. The number of alkyl halides is 1. The standard InChI is InChI=1S/C16H15FN2OS/c17-8-9-19-13-7-6-12(18)10-14(13)21-15(16(19)20)11-4-2-1-3-5-11/h1-7,10,15H,8-9,18H2. The Hall–Kier alpha value is -2.01. The number of carbonyl (C=O) groups is 1. The monoisotopic (exact) mass is 302 g/mol. The fraction of sp³-hybridized carbons (Fsp3) is 0.188. The van der Waals surface area contributed by atoms with Crippen LogP contribution < -0.4 is 10.6 Å². The molecule has 1 unspecified atom stereocenters. The maximum Gasteiger partial charge on any atom is 0.245 e. The molecule has 0 saturated heterocycles. The minimum Gasteiger partial charge on any atom is -0.399 e. The zero-order chi connectivity index (χ0) is 14.8. The van der Waals surface area contributed by atoms with E-state index in [-0.39, 0.29) is 17.7 Å². The first-order chi connectivity index (χ1) is 10.2. The van der Waals surface area contributed by atoms with E-state index < -0.39 is 6.67 Å². The van der Waals surface area contributed by atoms with Gasteiger partial charge in [-0.15, -0.1) is 11.8 Å². The van der Waals surface area contributed by atoms with E-state index in [0.717, 1.165) is 16.1 Å². The Morgan fingerprint density at radius 2 is 1.95 bits per heavy atom. The summed E-state index contributed by atoms with van der Waals surface area (Å²) in [5.74, 6) is -0.0823. The van der Waals surface area contributed by atoms with E-state index >= 15 is 0 Å². The molecule has 0 fully saturated rings. The molecule has 21 heavy (non-hydrogen) atoms. The summed E-state index contributed by atoms with van der Waals surface area (Å²) in [6.07, 6.45) is 0. The maximum atomic E-state index is 12.8. The zero-order valence-corrected chi connectivity index (χ0v) is 12.1.